The second kappa shape index (κ2) is 3.95. The van der Waals surface area contributed by atoms with E-state index in [1.165, 1.54) is 5.56 Å². The van der Waals surface area contributed by atoms with Crippen LogP contribution in [0.25, 0.3) is 0 Å². The van der Waals surface area contributed by atoms with E-state index in [0.29, 0.717) is 5.92 Å². The summed E-state index contributed by atoms with van der Waals surface area (Å²) >= 11 is 0. The van der Waals surface area contributed by atoms with Crippen molar-refractivity contribution in [1.29, 1.82) is 0 Å². The van der Waals surface area contributed by atoms with Crippen LogP contribution in [0.2, 0.25) is 12.6 Å². The first-order chi connectivity index (χ1) is 6.34. The molecule has 1 fully saturated rings. The van der Waals surface area contributed by atoms with Crippen LogP contribution in [0.15, 0.2) is 30.3 Å². The van der Waals surface area contributed by atoms with Gasteiger partial charge in [-0.25, -0.2) is 0 Å². The molecule has 2 rings (SSSR count). The minimum Gasteiger partial charge on any atom is -0.336 e. The lowest BCUT2D eigenvalue weighted by atomic mass is 9.69. The zero-order valence-corrected chi connectivity index (χ0v) is 7.75. The summed E-state index contributed by atoms with van der Waals surface area (Å²) in [5, 5.41) is 0. The van der Waals surface area contributed by atoms with Crippen molar-refractivity contribution in [2.45, 2.75) is 25.5 Å². The van der Waals surface area contributed by atoms with E-state index in [2.05, 4.69) is 24.3 Å². The monoisotopic (exact) mass is 176 g/mol. The summed E-state index contributed by atoms with van der Waals surface area (Å²) in [6.45, 7) is -0.534. The van der Waals surface area contributed by atoms with Gasteiger partial charge in [-0.2, -0.15) is 0 Å². The highest BCUT2D eigenvalue weighted by Gasteiger charge is 2.28. The first-order valence-corrected chi connectivity index (χ1v) is 5.02. The number of benzene rings is 1. The molecule has 0 aromatic heterocycles. The Kier molecular flexibility index (Phi) is 2.67. The normalized spacial score (nSPS) is 22.2. The summed E-state index contributed by atoms with van der Waals surface area (Å²) in [4.78, 5) is 0. The summed E-state index contributed by atoms with van der Waals surface area (Å²) in [6, 6.07) is 10.4. The van der Waals surface area contributed by atoms with Gasteiger partial charge in [0.15, 0.2) is 0 Å². The third kappa shape index (κ3) is 2.33. The van der Waals surface area contributed by atoms with Crippen LogP contribution in [-0.4, -0.2) is 6.99 Å². The largest absolute Gasteiger partial charge is 0.348 e. The molecular formula is C11H14BF. The van der Waals surface area contributed by atoms with Crippen LogP contribution in [-0.2, 0) is 6.42 Å². The van der Waals surface area contributed by atoms with Gasteiger partial charge in [0.25, 0.3) is 0 Å². The molecule has 0 saturated carbocycles. The molecule has 1 aliphatic rings. The third-order valence-electron chi connectivity index (χ3n) is 2.84. The Hall–Kier alpha value is -0.785. The topological polar surface area (TPSA) is 0 Å². The molecule has 1 aliphatic heterocycles. The smallest absolute Gasteiger partial charge is 0.336 e. The van der Waals surface area contributed by atoms with Gasteiger partial charge in [-0.3, -0.25) is 0 Å². The molecule has 1 aromatic carbocycles. The van der Waals surface area contributed by atoms with Crippen LogP contribution >= 0.6 is 0 Å². The maximum absolute atomic E-state index is 12.9. The molecule has 0 N–H and O–H groups in total. The molecule has 0 amide bonds. The molecule has 1 atom stereocenters. The molecule has 1 heterocycles. The predicted molar refractivity (Wildman–Crippen MR) is 54.7 cm³/mol. The number of hydrogen-bond acceptors (Lipinski definition) is 0. The minimum absolute atomic E-state index is 0.534. The molecule has 68 valence electrons. The average Bonchev–Trinajstić information content (AvgIpc) is 2.53. The van der Waals surface area contributed by atoms with Crippen LogP contribution in [0.5, 0.6) is 0 Å². The van der Waals surface area contributed by atoms with Gasteiger partial charge in [0.05, 0.1) is 0 Å². The van der Waals surface area contributed by atoms with E-state index in [0.717, 1.165) is 25.5 Å². The Morgan fingerprint density at radius 1 is 1.31 bits per heavy atom. The molecule has 0 aliphatic carbocycles. The minimum atomic E-state index is -0.534. The first-order valence-electron chi connectivity index (χ1n) is 5.02. The van der Waals surface area contributed by atoms with E-state index >= 15 is 0 Å². The molecular weight excluding hydrogens is 162 g/mol. The van der Waals surface area contributed by atoms with Crippen molar-refractivity contribution in [2.75, 3.05) is 0 Å². The molecule has 13 heavy (non-hydrogen) atoms. The molecule has 1 unspecified atom stereocenters. The first kappa shape index (κ1) is 8.80. The van der Waals surface area contributed by atoms with Gasteiger partial charge in [-0.1, -0.05) is 36.8 Å². The second-order valence-electron chi connectivity index (χ2n) is 3.97. The predicted octanol–water partition coefficient (Wildman–Crippen LogP) is 3.21. The third-order valence-corrected chi connectivity index (χ3v) is 2.84. The fraction of sp³-hybridized carbons (Fsp3) is 0.455. The van der Waals surface area contributed by atoms with Gasteiger partial charge in [0, 0.05) is 0 Å². The van der Waals surface area contributed by atoms with Crippen LogP contribution < -0.4 is 0 Å². The highest BCUT2D eigenvalue weighted by atomic mass is 19.1. The van der Waals surface area contributed by atoms with Gasteiger partial charge in [-0.05, 0) is 30.5 Å². The molecule has 1 saturated heterocycles. The lowest BCUT2D eigenvalue weighted by molar-refractivity contribution is 0.585. The van der Waals surface area contributed by atoms with Crippen LogP contribution in [0.3, 0.4) is 0 Å². The standard InChI is InChI=1S/C11H14BF/c13-12-7-6-11(9-12)8-10-4-2-1-3-5-10/h1-5,11H,6-9H2. The van der Waals surface area contributed by atoms with Crippen molar-refractivity contribution in [3.63, 3.8) is 0 Å². The van der Waals surface area contributed by atoms with Crippen molar-refractivity contribution in [1.82, 2.24) is 0 Å². The summed E-state index contributed by atoms with van der Waals surface area (Å²) in [7, 11) is 0. The zero-order valence-electron chi connectivity index (χ0n) is 7.75. The molecule has 0 bridgehead atoms. The van der Waals surface area contributed by atoms with Crippen molar-refractivity contribution in [2.24, 2.45) is 5.92 Å². The van der Waals surface area contributed by atoms with Crippen LogP contribution in [0, 0.1) is 5.92 Å². The Balaban J connectivity index is 1.92. The fourth-order valence-corrected chi connectivity index (χ4v) is 2.15. The van der Waals surface area contributed by atoms with Crippen molar-refractivity contribution in [3.8, 4) is 0 Å². The number of rotatable bonds is 2. The SMILES string of the molecule is FB1CCC(Cc2ccccc2)C1. The van der Waals surface area contributed by atoms with Crippen LogP contribution in [0.1, 0.15) is 12.0 Å². The zero-order chi connectivity index (χ0) is 9.10. The van der Waals surface area contributed by atoms with Crippen molar-refractivity contribution in [3.05, 3.63) is 35.9 Å². The van der Waals surface area contributed by atoms with E-state index in [-0.39, 0.29) is 0 Å². The Morgan fingerprint density at radius 3 is 2.69 bits per heavy atom. The Labute approximate surface area is 79.3 Å². The number of halogens is 1. The van der Waals surface area contributed by atoms with E-state index in [9.17, 15) is 4.32 Å². The molecule has 0 radical (unpaired) electrons. The van der Waals surface area contributed by atoms with Gasteiger partial charge >= 0.3 is 6.99 Å². The highest BCUT2D eigenvalue weighted by Crippen LogP contribution is 2.29. The molecule has 2 heteroatoms. The van der Waals surface area contributed by atoms with Gasteiger partial charge in [0.2, 0.25) is 0 Å². The maximum atomic E-state index is 12.9. The molecule has 1 aromatic rings. The Morgan fingerprint density at radius 2 is 2.08 bits per heavy atom. The summed E-state index contributed by atoms with van der Waals surface area (Å²) in [5.74, 6) is 0.581. The maximum Gasteiger partial charge on any atom is 0.348 e. The van der Waals surface area contributed by atoms with Crippen molar-refractivity contribution < 1.29 is 4.32 Å². The van der Waals surface area contributed by atoms with Gasteiger partial charge in [-0.15, -0.1) is 0 Å². The second-order valence-corrected chi connectivity index (χ2v) is 3.97. The lowest BCUT2D eigenvalue weighted by Crippen LogP contribution is -2.01. The van der Waals surface area contributed by atoms with E-state index in [1.54, 1.807) is 0 Å². The highest BCUT2D eigenvalue weighted by molar-refractivity contribution is 6.52. The summed E-state index contributed by atoms with van der Waals surface area (Å²) in [6.07, 6.45) is 3.67. The van der Waals surface area contributed by atoms with E-state index < -0.39 is 6.99 Å². The van der Waals surface area contributed by atoms with E-state index in [4.69, 9.17) is 0 Å². The number of hydrogen-bond donors (Lipinski definition) is 0. The van der Waals surface area contributed by atoms with Gasteiger partial charge < -0.3 is 4.32 Å². The van der Waals surface area contributed by atoms with E-state index in [1.807, 2.05) is 6.07 Å². The van der Waals surface area contributed by atoms with Gasteiger partial charge in [0.1, 0.15) is 0 Å². The molecule has 0 spiro atoms. The Bertz CT molecular complexity index is 260. The fourth-order valence-electron chi connectivity index (χ4n) is 2.15. The molecule has 0 nitrogen and oxygen atoms in total. The summed E-state index contributed by atoms with van der Waals surface area (Å²) in [5.41, 5.74) is 1.35. The summed E-state index contributed by atoms with van der Waals surface area (Å²) < 4.78 is 12.9. The van der Waals surface area contributed by atoms with Crippen LogP contribution in [0.4, 0.5) is 4.32 Å². The van der Waals surface area contributed by atoms with Crippen molar-refractivity contribution >= 4 is 6.99 Å². The average molecular weight is 176 g/mol. The lowest BCUT2D eigenvalue weighted by Gasteiger charge is -2.07. The quantitative estimate of drug-likeness (QED) is 0.607.